The molecule has 0 aliphatic heterocycles. The minimum absolute atomic E-state index is 0.0243. The Kier molecular flexibility index (Phi) is 4.48. The van der Waals surface area contributed by atoms with E-state index in [0.29, 0.717) is 5.92 Å². The quantitative estimate of drug-likeness (QED) is 0.763. The first-order valence-electron chi connectivity index (χ1n) is 8.65. The maximum Gasteiger partial charge on any atom is 0.0580 e. The third-order valence-corrected chi connectivity index (χ3v) is 5.55. The van der Waals surface area contributed by atoms with Crippen LogP contribution in [0.3, 0.4) is 0 Å². The van der Waals surface area contributed by atoms with Gasteiger partial charge in [0.25, 0.3) is 0 Å². The smallest absolute Gasteiger partial charge is 0.0580 e. The van der Waals surface area contributed by atoms with E-state index in [1.165, 1.54) is 64.6 Å². The van der Waals surface area contributed by atoms with Crippen LogP contribution >= 0.6 is 0 Å². The fraction of sp³-hybridized carbons (Fsp3) is 1.00. The minimum atomic E-state index is -0.0243. The molecule has 0 aromatic carbocycles. The maximum absolute atomic E-state index is 10.3. The normalized spacial score (nSPS) is 35.8. The summed E-state index contributed by atoms with van der Waals surface area (Å²) in [5.74, 6) is 3.40. The summed E-state index contributed by atoms with van der Waals surface area (Å²) in [7, 11) is 0. The zero-order valence-corrected chi connectivity index (χ0v) is 12.6. The van der Waals surface area contributed by atoms with E-state index in [1.54, 1.807) is 0 Å². The van der Waals surface area contributed by atoms with Gasteiger partial charge in [-0.2, -0.15) is 0 Å². The van der Waals surface area contributed by atoms with Gasteiger partial charge in [-0.25, -0.2) is 0 Å². The summed E-state index contributed by atoms with van der Waals surface area (Å²) >= 11 is 0. The Morgan fingerprint density at radius 2 is 1.42 bits per heavy atom. The average Bonchev–Trinajstić information content (AvgIpc) is 3.28. The molecule has 0 aromatic heterocycles. The molecule has 0 radical (unpaired) electrons. The third kappa shape index (κ3) is 4.19. The molecule has 1 N–H and O–H groups in total. The molecule has 3 atom stereocenters. The van der Waals surface area contributed by atoms with Crippen LogP contribution in [0.5, 0.6) is 0 Å². The molecular weight excluding hydrogens is 234 g/mol. The van der Waals surface area contributed by atoms with Crippen LogP contribution in [0.4, 0.5) is 0 Å². The number of hydrogen-bond acceptors (Lipinski definition) is 2. The summed E-state index contributed by atoms with van der Waals surface area (Å²) in [6.07, 6.45) is 10.6. The summed E-state index contributed by atoms with van der Waals surface area (Å²) in [4.78, 5) is 2.71. The van der Waals surface area contributed by atoms with Crippen molar-refractivity contribution in [3.8, 4) is 0 Å². The van der Waals surface area contributed by atoms with E-state index in [9.17, 15) is 5.11 Å². The Morgan fingerprint density at radius 1 is 0.842 bits per heavy atom. The Labute approximate surface area is 118 Å². The van der Waals surface area contributed by atoms with Gasteiger partial charge in [-0.3, -0.25) is 0 Å². The Balaban J connectivity index is 1.52. The van der Waals surface area contributed by atoms with Gasteiger partial charge in [0.05, 0.1) is 6.10 Å². The van der Waals surface area contributed by atoms with Gasteiger partial charge in [0.1, 0.15) is 0 Å². The van der Waals surface area contributed by atoms with E-state index in [1.807, 2.05) is 0 Å². The van der Waals surface area contributed by atoms with Crippen molar-refractivity contribution >= 4 is 0 Å². The Hall–Kier alpha value is -0.0800. The number of nitrogens with zero attached hydrogens (tertiary/aromatic N) is 1. The maximum atomic E-state index is 10.3. The van der Waals surface area contributed by atoms with E-state index in [4.69, 9.17) is 0 Å². The van der Waals surface area contributed by atoms with E-state index < -0.39 is 0 Å². The SMILES string of the molecule is CCC1CCC(O)C(CN(CC2CC2)CC2CC2)C1. The highest BCUT2D eigenvalue weighted by atomic mass is 16.3. The molecule has 3 rings (SSSR count). The Morgan fingerprint density at radius 3 is 1.95 bits per heavy atom. The summed E-state index contributed by atoms with van der Waals surface area (Å²) < 4.78 is 0. The second kappa shape index (κ2) is 6.13. The van der Waals surface area contributed by atoms with Gasteiger partial charge in [-0.1, -0.05) is 13.3 Å². The lowest BCUT2D eigenvalue weighted by Crippen LogP contribution is -2.40. The van der Waals surface area contributed by atoms with Gasteiger partial charge in [0.15, 0.2) is 0 Å². The molecule has 2 heteroatoms. The lowest BCUT2D eigenvalue weighted by Gasteiger charge is -2.36. The van der Waals surface area contributed by atoms with Gasteiger partial charge in [-0.15, -0.1) is 0 Å². The highest BCUT2D eigenvalue weighted by Crippen LogP contribution is 2.36. The van der Waals surface area contributed by atoms with Crippen LogP contribution in [-0.2, 0) is 0 Å². The topological polar surface area (TPSA) is 23.5 Å². The van der Waals surface area contributed by atoms with Crippen molar-refractivity contribution in [2.24, 2.45) is 23.7 Å². The van der Waals surface area contributed by atoms with Gasteiger partial charge < -0.3 is 10.0 Å². The van der Waals surface area contributed by atoms with E-state index in [2.05, 4.69) is 11.8 Å². The summed E-state index contributed by atoms with van der Waals surface area (Å²) in [5.41, 5.74) is 0. The van der Waals surface area contributed by atoms with Crippen molar-refractivity contribution in [3.05, 3.63) is 0 Å². The molecule has 0 heterocycles. The minimum Gasteiger partial charge on any atom is -0.393 e. The molecule has 0 aromatic rings. The predicted octanol–water partition coefficient (Wildman–Crippen LogP) is 3.30. The van der Waals surface area contributed by atoms with Crippen molar-refractivity contribution in [2.45, 2.75) is 64.4 Å². The van der Waals surface area contributed by atoms with Crippen molar-refractivity contribution in [1.82, 2.24) is 4.90 Å². The second-order valence-electron chi connectivity index (χ2n) is 7.52. The first kappa shape index (κ1) is 13.9. The fourth-order valence-electron chi connectivity index (χ4n) is 3.80. The molecule has 3 fully saturated rings. The van der Waals surface area contributed by atoms with E-state index in [-0.39, 0.29) is 6.10 Å². The van der Waals surface area contributed by atoms with Crippen LogP contribution in [0, 0.1) is 23.7 Å². The van der Waals surface area contributed by atoms with Crippen molar-refractivity contribution in [1.29, 1.82) is 0 Å². The lowest BCUT2D eigenvalue weighted by atomic mass is 9.78. The summed E-state index contributed by atoms with van der Waals surface area (Å²) in [5, 5.41) is 10.3. The first-order chi connectivity index (χ1) is 9.24. The second-order valence-corrected chi connectivity index (χ2v) is 7.52. The number of rotatable bonds is 7. The molecule has 0 saturated heterocycles. The van der Waals surface area contributed by atoms with Gasteiger partial charge >= 0.3 is 0 Å². The molecule has 0 bridgehead atoms. The molecule has 0 spiro atoms. The standard InChI is InChI=1S/C17H31NO/c1-2-13-7-8-17(19)16(9-13)12-18(10-14-3-4-14)11-15-5-6-15/h13-17,19H,2-12H2,1H3. The zero-order valence-electron chi connectivity index (χ0n) is 12.6. The zero-order chi connectivity index (χ0) is 13.2. The van der Waals surface area contributed by atoms with Gasteiger partial charge in [-0.05, 0) is 68.6 Å². The predicted molar refractivity (Wildman–Crippen MR) is 79.0 cm³/mol. The number of hydrogen-bond donors (Lipinski definition) is 1. The number of aliphatic hydroxyl groups is 1. The van der Waals surface area contributed by atoms with Crippen LogP contribution in [0.2, 0.25) is 0 Å². The first-order valence-corrected chi connectivity index (χ1v) is 8.65. The highest BCUT2D eigenvalue weighted by molar-refractivity contribution is 4.86. The fourth-order valence-corrected chi connectivity index (χ4v) is 3.80. The highest BCUT2D eigenvalue weighted by Gasteiger charge is 2.34. The summed E-state index contributed by atoms with van der Waals surface area (Å²) in [6.45, 7) is 6.11. The largest absolute Gasteiger partial charge is 0.393 e. The average molecular weight is 265 g/mol. The van der Waals surface area contributed by atoms with Crippen LogP contribution in [-0.4, -0.2) is 35.7 Å². The lowest BCUT2D eigenvalue weighted by molar-refractivity contribution is 0.0250. The van der Waals surface area contributed by atoms with Crippen LogP contribution in [0.15, 0.2) is 0 Å². The molecule has 19 heavy (non-hydrogen) atoms. The van der Waals surface area contributed by atoms with Gasteiger partial charge in [0, 0.05) is 19.6 Å². The molecule has 3 aliphatic carbocycles. The van der Waals surface area contributed by atoms with Crippen LogP contribution in [0.1, 0.15) is 58.3 Å². The monoisotopic (exact) mass is 265 g/mol. The van der Waals surface area contributed by atoms with Crippen molar-refractivity contribution < 1.29 is 5.11 Å². The van der Waals surface area contributed by atoms with Crippen LogP contribution in [0.25, 0.3) is 0 Å². The van der Waals surface area contributed by atoms with Gasteiger partial charge in [0.2, 0.25) is 0 Å². The molecular formula is C17H31NO. The molecule has 3 unspecified atom stereocenters. The van der Waals surface area contributed by atoms with E-state index >= 15 is 0 Å². The molecule has 3 saturated carbocycles. The Bertz CT molecular complexity index is 271. The third-order valence-electron chi connectivity index (χ3n) is 5.55. The molecule has 2 nitrogen and oxygen atoms in total. The van der Waals surface area contributed by atoms with Crippen LogP contribution < -0.4 is 0 Å². The number of aliphatic hydroxyl groups excluding tert-OH is 1. The molecule has 3 aliphatic rings. The van der Waals surface area contributed by atoms with E-state index in [0.717, 1.165) is 24.2 Å². The molecule has 110 valence electrons. The molecule has 0 amide bonds. The summed E-state index contributed by atoms with van der Waals surface area (Å²) in [6, 6.07) is 0. The van der Waals surface area contributed by atoms with Crippen molar-refractivity contribution in [2.75, 3.05) is 19.6 Å². The van der Waals surface area contributed by atoms with Crippen molar-refractivity contribution in [3.63, 3.8) is 0 Å².